The Morgan fingerprint density at radius 2 is 1.15 bits per heavy atom. The summed E-state index contributed by atoms with van der Waals surface area (Å²) in [6.45, 7) is 3.64. The lowest BCUT2D eigenvalue weighted by atomic mass is 10.1. The van der Waals surface area contributed by atoms with Crippen molar-refractivity contribution in [3.05, 3.63) is 59.2 Å². The number of hydrogen-bond donors (Lipinski definition) is 0. The van der Waals surface area contributed by atoms with Crippen LogP contribution in [0.5, 0.6) is 0 Å². The van der Waals surface area contributed by atoms with Crippen molar-refractivity contribution in [2.24, 2.45) is 0 Å². The van der Waals surface area contributed by atoms with E-state index in [1.54, 1.807) is 0 Å². The van der Waals surface area contributed by atoms with Crippen LogP contribution in [0.2, 0.25) is 0 Å². The summed E-state index contributed by atoms with van der Waals surface area (Å²) in [6.07, 6.45) is -9.45. The van der Waals surface area contributed by atoms with Crippen LogP contribution in [0.25, 0.3) is 0 Å². The molecular weight excluding hydrogens is 502 g/mol. The Labute approximate surface area is 187 Å². The van der Waals surface area contributed by atoms with Crippen LogP contribution in [-0.2, 0) is 41.0 Å². The largest absolute Gasteiger partial charge is 0.417 e. The monoisotopic (exact) mass is 522 g/mol. The highest BCUT2D eigenvalue weighted by molar-refractivity contribution is 7.87. The van der Waals surface area contributed by atoms with Crippen LogP contribution in [0.1, 0.15) is 30.5 Å². The van der Waals surface area contributed by atoms with Gasteiger partial charge in [0.25, 0.3) is 20.2 Å². The van der Waals surface area contributed by atoms with Crippen LogP contribution in [0.4, 0.5) is 26.3 Å². The Hall–Kier alpha value is -2.16. The van der Waals surface area contributed by atoms with Gasteiger partial charge in [-0.2, -0.15) is 43.2 Å². The van der Waals surface area contributed by atoms with Gasteiger partial charge in [-0.15, -0.1) is 0 Å². The first-order valence-electron chi connectivity index (χ1n) is 9.11. The Bertz CT molecular complexity index is 1160. The molecule has 0 radical (unpaired) electrons. The van der Waals surface area contributed by atoms with E-state index in [2.05, 4.69) is 8.37 Å². The molecule has 14 heteroatoms. The van der Waals surface area contributed by atoms with Crippen molar-refractivity contribution >= 4 is 20.2 Å². The third-order valence-corrected chi connectivity index (χ3v) is 6.80. The van der Waals surface area contributed by atoms with Crippen molar-refractivity contribution in [2.75, 3.05) is 13.2 Å². The van der Waals surface area contributed by atoms with Crippen LogP contribution in [0.15, 0.2) is 52.3 Å². The van der Waals surface area contributed by atoms with Gasteiger partial charge in [0, 0.05) is 0 Å². The molecule has 2 rings (SSSR count). The van der Waals surface area contributed by atoms with Crippen molar-refractivity contribution in [1.82, 2.24) is 0 Å². The summed E-state index contributed by atoms with van der Waals surface area (Å²) in [5.74, 6) is 0. The predicted molar refractivity (Wildman–Crippen MR) is 105 cm³/mol. The number of hydrogen-bond acceptors (Lipinski definition) is 6. The summed E-state index contributed by atoms with van der Waals surface area (Å²) in [6, 6.07) is 7.07. The number of alkyl halides is 6. The van der Waals surface area contributed by atoms with Crippen molar-refractivity contribution in [1.29, 1.82) is 0 Å². The molecule has 0 aliphatic rings. The topological polar surface area (TPSA) is 86.7 Å². The summed E-state index contributed by atoms with van der Waals surface area (Å²) < 4.78 is 130. The Morgan fingerprint density at radius 3 is 1.64 bits per heavy atom. The van der Waals surface area contributed by atoms with Crippen molar-refractivity contribution in [3.63, 3.8) is 0 Å². The summed E-state index contributed by atoms with van der Waals surface area (Å²) >= 11 is 0. The molecule has 0 fully saturated rings. The van der Waals surface area contributed by atoms with E-state index in [1.807, 2.05) is 0 Å². The van der Waals surface area contributed by atoms with E-state index in [0.29, 0.717) is 6.07 Å². The summed E-state index contributed by atoms with van der Waals surface area (Å²) in [4.78, 5) is -1.67. The molecule has 186 valence electrons. The molecule has 0 aromatic heterocycles. The van der Waals surface area contributed by atoms with Crippen molar-refractivity contribution < 1.29 is 51.5 Å². The number of benzene rings is 2. The minimum atomic E-state index is -4.73. The van der Waals surface area contributed by atoms with Gasteiger partial charge < -0.3 is 0 Å². The summed E-state index contributed by atoms with van der Waals surface area (Å²) in [5.41, 5.74) is -2.41. The van der Waals surface area contributed by atoms with Gasteiger partial charge in [-0.1, -0.05) is 24.3 Å². The van der Waals surface area contributed by atoms with Gasteiger partial charge in [-0.25, -0.2) is 0 Å². The number of rotatable bonds is 6. The highest BCUT2D eigenvalue weighted by Crippen LogP contribution is 2.36. The zero-order valence-corrected chi connectivity index (χ0v) is 19.1. The van der Waals surface area contributed by atoms with Crippen molar-refractivity contribution in [3.8, 4) is 0 Å². The maximum absolute atomic E-state index is 12.7. The molecule has 0 bridgehead atoms. The SMILES string of the molecule is CCOS(=O)(=O)c1c(C)cccc1C(F)(F)F.CCOS(=O)(=O)c1ccccc1C(F)(F)F. The summed E-state index contributed by atoms with van der Waals surface area (Å²) in [7, 11) is -8.72. The normalized spacial score (nSPS) is 12.8. The van der Waals surface area contributed by atoms with Crippen LogP contribution >= 0.6 is 0 Å². The van der Waals surface area contributed by atoms with Gasteiger partial charge in [-0.3, -0.25) is 8.37 Å². The van der Waals surface area contributed by atoms with E-state index < -0.39 is 53.5 Å². The van der Waals surface area contributed by atoms with Gasteiger partial charge in [0.05, 0.1) is 24.3 Å². The van der Waals surface area contributed by atoms with Gasteiger partial charge in [0.1, 0.15) is 9.79 Å². The fourth-order valence-corrected chi connectivity index (χ4v) is 5.04. The van der Waals surface area contributed by atoms with Crippen molar-refractivity contribution in [2.45, 2.75) is 42.9 Å². The minimum absolute atomic E-state index is 0.00766. The number of halogens is 6. The average Bonchev–Trinajstić information content (AvgIpc) is 2.66. The van der Waals surface area contributed by atoms with Gasteiger partial charge in [-0.05, 0) is 44.5 Å². The average molecular weight is 522 g/mol. The molecule has 0 atom stereocenters. The quantitative estimate of drug-likeness (QED) is 0.384. The second-order valence-corrected chi connectivity index (χ2v) is 9.30. The smallest absolute Gasteiger partial charge is 0.267 e. The fraction of sp³-hybridized carbons (Fsp3) is 0.368. The number of aryl methyl sites for hydroxylation is 1. The molecule has 0 saturated heterocycles. The molecule has 2 aromatic carbocycles. The van der Waals surface area contributed by atoms with E-state index in [-0.39, 0.29) is 18.8 Å². The van der Waals surface area contributed by atoms with E-state index in [1.165, 1.54) is 32.9 Å². The van der Waals surface area contributed by atoms with Crippen LogP contribution < -0.4 is 0 Å². The molecule has 0 aliphatic carbocycles. The lowest BCUT2D eigenvalue weighted by Crippen LogP contribution is -2.16. The molecule has 0 spiro atoms. The van der Waals surface area contributed by atoms with Crippen LogP contribution in [0, 0.1) is 6.92 Å². The first kappa shape index (κ1) is 28.9. The molecule has 0 unspecified atom stereocenters. The molecule has 0 saturated carbocycles. The summed E-state index contributed by atoms with van der Waals surface area (Å²) in [5, 5.41) is 0. The lowest BCUT2D eigenvalue weighted by Gasteiger charge is -2.14. The van der Waals surface area contributed by atoms with Crippen LogP contribution in [-0.4, -0.2) is 30.0 Å². The van der Waals surface area contributed by atoms with Gasteiger partial charge in [0.2, 0.25) is 0 Å². The van der Waals surface area contributed by atoms with Gasteiger partial charge >= 0.3 is 12.4 Å². The first-order valence-corrected chi connectivity index (χ1v) is 11.9. The van der Waals surface area contributed by atoms with Gasteiger partial charge in [0.15, 0.2) is 0 Å². The molecule has 0 heterocycles. The lowest BCUT2D eigenvalue weighted by molar-refractivity contribution is -0.140. The highest BCUT2D eigenvalue weighted by Gasteiger charge is 2.38. The minimum Gasteiger partial charge on any atom is -0.267 e. The molecule has 2 aromatic rings. The zero-order valence-electron chi connectivity index (χ0n) is 17.5. The van der Waals surface area contributed by atoms with E-state index in [0.717, 1.165) is 24.3 Å². The molecule has 6 nitrogen and oxygen atoms in total. The Kier molecular flexibility index (Phi) is 9.49. The second kappa shape index (κ2) is 10.8. The molecule has 33 heavy (non-hydrogen) atoms. The Balaban J connectivity index is 0.000000331. The van der Waals surface area contributed by atoms with E-state index in [9.17, 15) is 43.2 Å². The van der Waals surface area contributed by atoms with E-state index >= 15 is 0 Å². The highest BCUT2D eigenvalue weighted by atomic mass is 32.2. The third kappa shape index (κ3) is 7.69. The molecule has 0 amide bonds. The standard InChI is InChI=1S/C10H11F3O3S.C9H9F3O3S/c1-3-16-17(14,15)9-7(2)5-4-6-8(9)10(11,12)13;1-2-15-16(13,14)8-6-4-3-5-7(8)9(10,11)12/h4-6H,3H2,1-2H3;3-6H,2H2,1H3. The second-order valence-electron chi connectivity index (χ2n) is 6.16. The first-order chi connectivity index (χ1) is 15.0. The van der Waals surface area contributed by atoms with Crippen LogP contribution in [0.3, 0.4) is 0 Å². The zero-order chi connectivity index (χ0) is 25.7. The fourth-order valence-electron chi connectivity index (χ4n) is 2.56. The molecular formula is C19H20F6O6S2. The van der Waals surface area contributed by atoms with E-state index in [4.69, 9.17) is 0 Å². The maximum atomic E-state index is 12.7. The molecule has 0 N–H and O–H groups in total. The Morgan fingerprint density at radius 1 is 0.697 bits per heavy atom. The molecule has 0 aliphatic heterocycles. The third-order valence-electron chi connectivity index (χ3n) is 3.78. The maximum Gasteiger partial charge on any atom is 0.417 e. The predicted octanol–water partition coefficient (Wildman–Crippen LogP) is 5.17.